The van der Waals surface area contributed by atoms with Crippen LogP contribution in [0.5, 0.6) is 0 Å². The van der Waals surface area contributed by atoms with Crippen LogP contribution in [0, 0.1) is 0 Å². The Morgan fingerprint density at radius 2 is 1.93 bits per heavy atom. The first kappa shape index (κ1) is 19.8. The Kier molecular flexibility index (Phi) is 3.95. The molecule has 1 aliphatic carbocycles. The summed E-state index contributed by atoms with van der Waals surface area (Å²) in [6, 6.07) is 0. The van der Waals surface area contributed by atoms with Crippen molar-refractivity contribution in [2.24, 2.45) is 0 Å². The highest BCUT2D eigenvalue weighted by molar-refractivity contribution is 7.18. The molecule has 1 saturated carbocycles. The fraction of sp³-hybridized carbons (Fsp3) is 0.700. The number of fused-ring (bicyclic) bond motifs is 1. The SMILES string of the molecule is CC1(C)O[C@H]2[C@H](c3csc4c(N)ncnc34)O[C@@H]3C(O[Si](C)(C)C(C)(C)C)[C@@]32O1. The molecule has 7 nitrogen and oxygen atoms in total. The van der Waals surface area contributed by atoms with Gasteiger partial charge < -0.3 is 24.4 Å². The van der Waals surface area contributed by atoms with Crippen molar-refractivity contribution in [1.82, 2.24) is 9.97 Å². The Labute approximate surface area is 176 Å². The molecule has 2 saturated heterocycles. The molecule has 158 valence electrons. The number of hydrogen-bond donors (Lipinski definition) is 1. The molecule has 0 amide bonds. The van der Waals surface area contributed by atoms with Gasteiger partial charge in [-0.05, 0) is 37.4 Å². The second-order valence-electron chi connectivity index (χ2n) is 10.3. The number of nitrogen functional groups attached to an aromatic ring is 1. The summed E-state index contributed by atoms with van der Waals surface area (Å²) in [6.45, 7) is 15.2. The third-order valence-electron chi connectivity index (χ3n) is 6.84. The first-order valence-corrected chi connectivity index (χ1v) is 13.8. The third kappa shape index (κ3) is 2.68. The molecule has 4 heterocycles. The van der Waals surface area contributed by atoms with Gasteiger partial charge in [-0.2, -0.15) is 0 Å². The number of aromatic nitrogens is 2. The average Bonchev–Trinajstić information content (AvgIpc) is 2.95. The van der Waals surface area contributed by atoms with Crippen molar-refractivity contribution in [1.29, 1.82) is 0 Å². The first-order chi connectivity index (χ1) is 13.4. The highest BCUT2D eigenvalue weighted by Crippen LogP contribution is 2.66. The van der Waals surface area contributed by atoms with E-state index in [0.29, 0.717) is 5.82 Å². The maximum Gasteiger partial charge on any atom is 0.192 e. The van der Waals surface area contributed by atoms with E-state index < -0.39 is 19.7 Å². The second kappa shape index (κ2) is 5.77. The largest absolute Gasteiger partial charge is 0.408 e. The van der Waals surface area contributed by atoms with Gasteiger partial charge in [0.2, 0.25) is 0 Å². The molecular weight excluding hydrogens is 406 g/mol. The van der Waals surface area contributed by atoms with Crippen LogP contribution in [0.2, 0.25) is 18.1 Å². The quantitative estimate of drug-likeness (QED) is 0.729. The van der Waals surface area contributed by atoms with Crippen molar-refractivity contribution in [2.45, 2.75) is 88.6 Å². The van der Waals surface area contributed by atoms with E-state index in [4.69, 9.17) is 24.4 Å². The first-order valence-electron chi connectivity index (χ1n) is 10.1. The van der Waals surface area contributed by atoms with Crippen molar-refractivity contribution >= 4 is 35.7 Å². The molecule has 1 spiro atoms. The smallest absolute Gasteiger partial charge is 0.192 e. The summed E-state index contributed by atoms with van der Waals surface area (Å²) in [6.07, 6.45) is 0.757. The van der Waals surface area contributed by atoms with Crippen LogP contribution in [0.25, 0.3) is 10.2 Å². The van der Waals surface area contributed by atoms with Crippen LogP contribution >= 0.6 is 11.3 Å². The Hall–Kier alpha value is -1.10. The summed E-state index contributed by atoms with van der Waals surface area (Å²) in [4.78, 5) is 8.56. The van der Waals surface area contributed by atoms with Gasteiger partial charge in [0.15, 0.2) is 19.7 Å². The van der Waals surface area contributed by atoms with Crippen molar-refractivity contribution in [3.8, 4) is 0 Å². The number of rotatable bonds is 3. The summed E-state index contributed by atoms with van der Waals surface area (Å²) in [7, 11) is -1.97. The Morgan fingerprint density at radius 3 is 2.62 bits per heavy atom. The fourth-order valence-electron chi connectivity index (χ4n) is 4.35. The standard InChI is InChI=1S/C20H29N3O4SSi/c1-18(2,3)29(6,7)26-16-15-20(16)14(25-19(4,5)27-20)12(24-15)10-8-28-13-11(10)22-9-23-17(13)21/h8-9,12,14-16H,1-7H3,(H2,21,22,23)/t12-,14-,15+,16?,20-/m0/s1. The van der Waals surface area contributed by atoms with Gasteiger partial charge in [0, 0.05) is 5.56 Å². The molecule has 9 heteroatoms. The molecule has 2 aromatic heterocycles. The maximum atomic E-state index is 6.72. The van der Waals surface area contributed by atoms with Crippen LogP contribution in [0.3, 0.4) is 0 Å². The fourth-order valence-corrected chi connectivity index (χ4v) is 6.59. The monoisotopic (exact) mass is 435 g/mol. The molecule has 0 bridgehead atoms. The maximum absolute atomic E-state index is 6.72. The molecule has 3 aliphatic rings. The van der Waals surface area contributed by atoms with Crippen LogP contribution in [0.15, 0.2) is 11.7 Å². The molecule has 1 unspecified atom stereocenters. The predicted molar refractivity (Wildman–Crippen MR) is 114 cm³/mol. The van der Waals surface area contributed by atoms with E-state index in [-0.39, 0.29) is 29.5 Å². The second-order valence-corrected chi connectivity index (χ2v) is 15.9. The molecule has 29 heavy (non-hydrogen) atoms. The van der Waals surface area contributed by atoms with Gasteiger partial charge in [-0.3, -0.25) is 0 Å². The summed E-state index contributed by atoms with van der Waals surface area (Å²) in [5.74, 6) is -0.191. The number of ether oxygens (including phenoxy) is 3. The van der Waals surface area contributed by atoms with E-state index >= 15 is 0 Å². The van der Waals surface area contributed by atoms with Gasteiger partial charge in [-0.25, -0.2) is 9.97 Å². The molecule has 0 radical (unpaired) electrons. The molecule has 2 aliphatic heterocycles. The van der Waals surface area contributed by atoms with Gasteiger partial charge in [0.05, 0.1) is 10.2 Å². The number of nitrogens with zero attached hydrogens (tertiary/aromatic N) is 2. The predicted octanol–water partition coefficient (Wildman–Crippen LogP) is 4.01. The van der Waals surface area contributed by atoms with Crippen LogP contribution in [-0.2, 0) is 18.6 Å². The van der Waals surface area contributed by atoms with Crippen LogP contribution < -0.4 is 5.73 Å². The van der Waals surface area contributed by atoms with Crippen molar-refractivity contribution < 1.29 is 18.6 Å². The number of thiophene rings is 1. The van der Waals surface area contributed by atoms with E-state index in [0.717, 1.165) is 15.8 Å². The highest BCUT2D eigenvalue weighted by Gasteiger charge is 2.84. The summed E-state index contributed by atoms with van der Waals surface area (Å²) < 4.78 is 26.9. The summed E-state index contributed by atoms with van der Waals surface area (Å²) in [5, 5.41) is 2.17. The minimum absolute atomic E-state index is 0.101. The lowest BCUT2D eigenvalue weighted by Crippen LogP contribution is -2.45. The molecule has 3 fully saturated rings. The normalized spacial score (nSPS) is 35.7. The third-order valence-corrected chi connectivity index (χ3v) is 12.3. The van der Waals surface area contributed by atoms with Crippen LogP contribution in [-0.4, -0.2) is 48.0 Å². The van der Waals surface area contributed by atoms with Gasteiger partial charge in [-0.1, -0.05) is 20.8 Å². The molecule has 0 aromatic carbocycles. The zero-order valence-electron chi connectivity index (χ0n) is 18.0. The summed E-state index contributed by atoms with van der Waals surface area (Å²) >= 11 is 1.54. The van der Waals surface area contributed by atoms with Gasteiger partial charge in [0.25, 0.3) is 0 Å². The van der Waals surface area contributed by atoms with E-state index in [1.54, 1.807) is 0 Å². The minimum Gasteiger partial charge on any atom is -0.408 e. The molecular formula is C20H29N3O4SSi. The van der Waals surface area contributed by atoms with Crippen LogP contribution in [0.1, 0.15) is 46.3 Å². The molecule has 2 aromatic rings. The Bertz CT molecular complexity index is 988. The molecule has 5 rings (SSSR count). The van der Waals surface area contributed by atoms with E-state index in [1.165, 1.54) is 17.7 Å². The topological polar surface area (TPSA) is 88.7 Å². The Balaban J connectivity index is 1.49. The lowest BCUT2D eigenvalue weighted by Gasteiger charge is -2.37. The minimum atomic E-state index is -1.97. The number of nitrogens with two attached hydrogens (primary N) is 1. The van der Waals surface area contributed by atoms with E-state index in [1.807, 2.05) is 13.8 Å². The highest BCUT2D eigenvalue weighted by atomic mass is 32.1. The van der Waals surface area contributed by atoms with E-state index in [9.17, 15) is 0 Å². The van der Waals surface area contributed by atoms with Crippen molar-refractivity contribution in [3.63, 3.8) is 0 Å². The average molecular weight is 436 g/mol. The van der Waals surface area contributed by atoms with Gasteiger partial charge in [0.1, 0.15) is 36.6 Å². The lowest BCUT2D eigenvalue weighted by atomic mass is 10.0. The zero-order valence-corrected chi connectivity index (χ0v) is 19.8. The lowest BCUT2D eigenvalue weighted by molar-refractivity contribution is -0.176. The van der Waals surface area contributed by atoms with Gasteiger partial charge >= 0.3 is 0 Å². The van der Waals surface area contributed by atoms with Gasteiger partial charge in [-0.15, -0.1) is 11.3 Å². The van der Waals surface area contributed by atoms with Crippen molar-refractivity contribution in [3.05, 3.63) is 17.3 Å². The molecule has 5 atom stereocenters. The van der Waals surface area contributed by atoms with E-state index in [2.05, 4.69) is 49.2 Å². The number of hydrogen-bond acceptors (Lipinski definition) is 8. The number of anilines is 1. The van der Waals surface area contributed by atoms with Crippen molar-refractivity contribution in [2.75, 3.05) is 5.73 Å². The Morgan fingerprint density at radius 1 is 1.21 bits per heavy atom. The van der Waals surface area contributed by atoms with Crippen LogP contribution in [0.4, 0.5) is 5.82 Å². The molecule has 2 N–H and O–H groups in total. The summed E-state index contributed by atoms with van der Waals surface area (Å²) in [5.41, 5.74) is 7.29. The zero-order chi connectivity index (χ0) is 21.0.